The molecule has 0 unspecified atom stereocenters. The fraction of sp³-hybridized carbons (Fsp3) is 0.976. The van der Waals surface area contributed by atoms with Gasteiger partial charge in [-0.3, -0.25) is 4.79 Å². The quantitative estimate of drug-likeness (QED) is 0.0491. The summed E-state index contributed by atoms with van der Waals surface area (Å²) < 4.78 is 7.17. The van der Waals surface area contributed by atoms with E-state index in [0.29, 0.717) is 19.7 Å². The lowest BCUT2D eigenvalue weighted by Gasteiger charge is -2.26. The molecule has 0 aliphatic carbocycles. The van der Waals surface area contributed by atoms with Crippen molar-refractivity contribution in [1.82, 2.24) is 5.32 Å². The van der Waals surface area contributed by atoms with Crippen LogP contribution in [0, 0.1) is 0 Å². The van der Waals surface area contributed by atoms with Gasteiger partial charge in [-0.2, -0.15) is 0 Å². The van der Waals surface area contributed by atoms with E-state index in [9.17, 15) is 20.1 Å². The monoisotopic (exact) mass is 669 g/mol. The highest BCUT2D eigenvalue weighted by molar-refractivity contribution is 5.76. The number of carbonyl (C=O) groups is 1. The van der Waals surface area contributed by atoms with Gasteiger partial charge < -0.3 is 20.6 Å². The van der Waals surface area contributed by atoms with Crippen LogP contribution in [0.5, 0.6) is 0 Å². The van der Waals surface area contributed by atoms with E-state index < -0.39 is 18.2 Å². The molecular weight excluding hydrogens is 582 g/mol. The SMILES string of the molecule is [2H]CCCCCCCCCCCCCCCCCCCCCCCC(=O)N[C@@H](CO)[C@H](O)[C@H](O)CCCCCCCCCCCCCC. The average molecular weight is 669 g/mol. The van der Waals surface area contributed by atoms with Gasteiger partial charge in [-0.1, -0.05) is 219 Å². The first kappa shape index (κ1) is 44.4. The van der Waals surface area contributed by atoms with E-state index in [1.54, 1.807) is 0 Å². The lowest BCUT2D eigenvalue weighted by atomic mass is 9.99. The molecule has 3 atom stereocenters. The minimum atomic E-state index is -1.13. The number of nitrogens with one attached hydrogen (secondary N) is 1. The number of unbranched alkanes of at least 4 members (excludes halogenated alkanes) is 31. The molecule has 0 heterocycles. The van der Waals surface area contributed by atoms with E-state index in [2.05, 4.69) is 12.2 Å². The van der Waals surface area contributed by atoms with Gasteiger partial charge in [0, 0.05) is 7.79 Å². The molecule has 0 bridgehead atoms. The van der Waals surface area contributed by atoms with Crippen LogP contribution in [0.3, 0.4) is 0 Å². The van der Waals surface area contributed by atoms with E-state index in [0.717, 1.165) is 44.9 Å². The lowest BCUT2D eigenvalue weighted by Crippen LogP contribution is -2.50. The Kier molecular flexibility index (Phi) is 36.0. The van der Waals surface area contributed by atoms with Gasteiger partial charge in [0.15, 0.2) is 0 Å². The molecule has 0 saturated carbocycles. The highest BCUT2D eigenvalue weighted by Crippen LogP contribution is 2.17. The number of rotatable bonds is 39. The van der Waals surface area contributed by atoms with E-state index in [-0.39, 0.29) is 12.5 Å². The van der Waals surface area contributed by atoms with Crippen molar-refractivity contribution in [1.29, 1.82) is 0 Å². The first-order chi connectivity index (χ1) is 23.6. The molecule has 0 rings (SSSR count). The second-order valence-electron chi connectivity index (χ2n) is 14.8. The molecule has 0 aromatic rings. The molecule has 5 heteroatoms. The zero-order chi connectivity index (χ0) is 35.2. The summed E-state index contributed by atoms with van der Waals surface area (Å²) in [6, 6.07) is -0.805. The van der Waals surface area contributed by atoms with Crippen LogP contribution >= 0.6 is 0 Å². The summed E-state index contributed by atoms with van der Waals surface area (Å²) in [4.78, 5) is 12.4. The number of aliphatic hydroxyl groups excluding tert-OH is 3. The Labute approximate surface area is 295 Å². The van der Waals surface area contributed by atoms with Crippen LogP contribution in [0.25, 0.3) is 0 Å². The summed E-state index contributed by atoms with van der Waals surface area (Å²) in [6.07, 6.45) is 41.1. The van der Waals surface area contributed by atoms with Crippen LogP contribution in [0.15, 0.2) is 0 Å². The molecule has 0 saturated heterocycles. The van der Waals surface area contributed by atoms with Crippen molar-refractivity contribution in [2.75, 3.05) is 6.61 Å². The van der Waals surface area contributed by atoms with Crippen LogP contribution in [-0.2, 0) is 4.79 Å². The van der Waals surface area contributed by atoms with Crippen molar-refractivity contribution in [3.05, 3.63) is 0 Å². The van der Waals surface area contributed by atoms with Crippen molar-refractivity contribution < 1.29 is 21.5 Å². The summed E-state index contributed by atoms with van der Waals surface area (Å²) >= 11 is 0. The molecule has 0 aliphatic rings. The maximum Gasteiger partial charge on any atom is 0.220 e. The van der Waals surface area contributed by atoms with Crippen LogP contribution in [0.4, 0.5) is 0 Å². The van der Waals surface area contributed by atoms with Gasteiger partial charge in [0.25, 0.3) is 0 Å². The normalized spacial score (nSPS) is 13.8. The Bertz CT molecular complexity index is 637. The Morgan fingerprint density at radius 3 is 1.17 bits per heavy atom. The van der Waals surface area contributed by atoms with Crippen LogP contribution < -0.4 is 5.32 Å². The Balaban J connectivity index is 3.54. The maximum atomic E-state index is 12.4. The predicted octanol–water partition coefficient (Wildman–Crippen LogP) is 11.9. The van der Waals surface area contributed by atoms with Crippen LogP contribution in [0.2, 0.25) is 0 Å². The smallest absolute Gasteiger partial charge is 0.220 e. The fourth-order valence-corrected chi connectivity index (χ4v) is 6.80. The van der Waals surface area contributed by atoms with Gasteiger partial charge in [-0.05, 0) is 12.8 Å². The van der Waals surface area contributed by atoms with Gasteiger partial charge in [-0.15, -0.1) is 0 Å². The topological polar surface area (TPSA) is 89.8 Å². The highest BCUT2D eigenvalue weighted by Gasteiger charge is 2.26. The van der Waals surface area contributed by atoms with E-state index >= 15 is 0 Å². The third kappa shape index (κ3) is 33.6. The molecular formula is C42H85NO4. The molecule has 0 aromatic heterocycles. The van der Waals surface area contributed by atoms with E-state index in [4.69, 9.17) is 1.37 Å². The lowest BCUT2D eigenvalue weighted by molar-refractivity contribution is -0.124. The van der Waals surface area contributed by atoms with Gasteiger partial charge in [0.05, 0.1) is 18.8 Å². The van der Waals surface area contributed by atoms with Crippen molar-refractivity contribution >= 4 is 5.91 Å². The number of hydrogen-bond donors (Lipinski definition) is 4. The Morgan fingerprint density at radius 1 is 0.511 bits per heavy atom. The molecule has 47 heavy (non-hydrogen) atoms. The largest absolute Gasteiger partial charge is 0.394 e. The summed E-state index contributed by atoms with van der Waals surface area (Å²) in [5, 5.41) is 33.4. The van der Waals surface area contributed by atoms with E-state index in [1.165, 1.54) is 167 Å². The Hall–Kier alpha value is -0.650. The number of carbonyl (C=O) groups excluding carboxylic acids is 1. The zero-order valence-electron chi connectivity index (χ0n) is 32.6. The molecule has 0 spiro atoms. The fourth-order valence-electron chi connectivity index (χ4n) is 6.80. The van der Waals surface area contributed by atoms with Crippen molar-refractivity contribution in [2.24, 2.45) is 0 Å². The summed E-state index contributed by atoms with van der Waals surface area (Å²) in [5.74, 6) is -0.145. The molecule has 0 fully saturated rings. The van der Waals surface area contributed by atoms with Crippen molar-refractivity contribution in [3.63, 3.8) is 0 Å². The van der Waals surface area contributed by atoms with Gasteiger partial charge >= 0.3 is 0 Å². The molecule has 4 N–H and O–H groups in total. The summed E-state index contributed by atoms with van der Waals surface area (Å²) in [6.45, 7) is 2.49. The van der Waals surface area contributed by atoms with E-state index in [1.807, 2.05) is 0 Å². The minimum Gasteiger partial charge on any atom is -0.394 e. The number of amides is 1. The maximum absolute atomic E-state index is 12.4. The minimum absolute atomic E-state index is 0.145. The van der Waals surface area contributed by atoms with Crippen molar-refractivity contribution in [3.8, 4) is 0 Å². The summed E-state index contributed by atoms with van der Waals surface area (Å²) in [7, 11) is 0. The standard InChI is InChI=1S/C42H85NO4/c1-3-5-7-9-11-13-15-17-18-19-20-21-22-23-24-25-27-29-31-33-35-37-41(46)43-39(38-44)42(47)40(45)36-34-32-30-28-26-16-14-12-10-8-6-4-2/h39-40,42,44-45,47H,3-38H2,1-2H3,(H,43,46)/t39-,40+,42-/m0/s1/i1D. The van der Waals surface area contributed by atoms with Gasteiger partial charge in [0.2, 0.25) is 5.91 Å². The first-order valence-corrected chi connectivity index (χ1v) is 21.1. The predicted molar refractivity (Wildman–Crippen MR) is 204 cm³/mol. The van der Waals surface area contributed by atoms with Crippen LogP contribution in [0.1, 0.15) is 240 Å². The molecule has 0 aliphatic heterocycles. The van der Waals surface area contributed by atoms with Gasteiger partial charge in [-0.25, -0.2) is 0 Å². The number of hydrogen-bond acceptors (Lipinski definition) is 4. The van der Waals surface area contributed by atoms with Crippen LogP contribution in [-0.4, -0.2) is 46.1 Å². The zero-order valence-corrected chi connectivity index (χ0v) is 31.6. The third-order valence-electron chi connectivity index (χ3n) is 10.1. The Morgan fingerprint density at radius 2 is 0.830 bits per heavy atom. The molecule has 1 amide bonds. The second-order valence-corrected chi connectivity index (χ2v) is 14.8. The van der Waals surface area contributed by atoms with Gasteiger partial charge in [0.1, 0.15) is 6.10 Å². The average Bonchev–Trinajstić information content (AvgIpc) is 3.09. The van der Waals surface area contributed by atoms with Crippen molar-refractivity contribution in [2.45, 2.75) is 257 Å². The first-order valence-electron chi connectivity index (χ1n) is 21.8. The number of aliphatic hydroxyl groups is 3. The highest BCUT2D eigenvalue weighted by atomic mass is 16.3. The molecule has 0 aromatic carbocycles. The molecule has 0 radical (unpaired) electrons. The second kappa shape index (κ2) is 38.2. The molecule has 282 valence electrons. The third-order valence-corrected chi connectivity index (χ3v) is 10.1. The molecule has 5 nitrogen and oxygen atoms in total. The summed E-state index contributed by atoms with van der Waals surface area (Å²) in [5.41, 5.74) is 0.